The zero-order chi connectivity index (χ0) is 13.7. The molecule has 0 spiro atoms. The molecule has 2 rings (SSSR count). The van der Waals surface area contributed by atoms with Crippen LogP contribution in [0.4, 0.5) is 0 Å². The minimum atomic E-state index is 0.0799. The van der Waals surface area contributed by atoms with Crippen molar-refractivity contribution in [1.82, 2.24) is 4.90 Å². The van der Waals surface area contributed by atoms with Crippen LogP contribution in [-0.4, -0.2) is 50.8 Å². The van der Waals surface area contributed by atoms with Crippen LogP contribution >= 0.6 is 0 Å². The zero-order valence-electron chi connectivity index (χ0n) is 11.3. The Morgan fingerprint density at radius 2 is 2.16 bits per heavy atom. The number of Topliss-reactive ketones (excluding diaryl/α,β-unsaturated/α-hetero) is 1. The minimum Gasteiger partial charge on any atom is -0.454 e. The summed E-state index contributed by atoms with van der Waals surface area (Å²) in [4.78, 5) is 14.3. The summed E-state index contributed by atoms with van der Waals surface area (Å²) in [5.41, 5.74) is 0.653. The van der Waals surface area contributed by atoms with Crippen LogP contribution in [0.1, 0.15) is 17.3 Å². The van der Waals surface area contributed by atoms with Crippen LogP contribution in [0.25, 0.3) is 0 Å². The van der Waals surface area contributed by atoms with E-state index in [1.807, 2.05) is 6.92 Å². The average molecular weight is 265 g/mol. The zero-order valence-corrected chi connectivity index (χ0v) is 11.3. The maximum atomic E-state index is 12.2. The monoisotopic (exact) mass is 265 g/mol. The molecule has 0 aliphatic carbocycles. The van der Waals surface area contributed by atoms with Crippen molar-refractivity contribution in [3.63, 3.8) is 0 Å². The Hall–Kier alpha value is -1.59. The van der Waals surface area contributed by atoms with Crippen molar-refractivity contribution in [2.75, 3.05) is 40.1 Å². The molecule has 0 atom stereocenters. The van der Waals surface area contributed by atoms with Crippen LogP contribution in [0.15, 0.2) is 18.2 Å². The number of fused-ring (bicyclic) bond motifs is 1. The second kappa shape index (κ2) is 6.54. The summed E-state index contributed by atoms with van der Waals surface area (Å²) >= 11 is 0. The van der Waals surface area contributed by atoms with Gasteiger partial charge in [0.1, 0.15) is 0 Å². The van der Waals surface area contributed by atoms with Gasteiger partial charge in [-0.25, -0.2) is 0 Å². The fourth-order valence-corrected chi connectivity index (χ4v) is 1.93. The first kappa shape index (κ1) is 13.8. The van der Waals surface area contributed by atoms with Gasteiger partial charge in [-0.2, -0.15) is 0 Å². The predicted octanol–water partition coefficient (Wildman–Crippen LogP) is 1.57. The van der Waals surface area contributed by atoms with Gasteiger partial charge in [0.15, 0.2) is 17.3 Å². The number of benzene rings is 1. The number of hydrogen-bond acceptors (Lipinski definition) is 5. The number of carbonyl (C=O) groups excluding carboxylic acids is 1. The molecule has 0 radical (unpaired) electrons. The summed E-state index contributed by atoms with van der Waals surface area (Å²) in [5.74, 6) is 1.42. The van der Waals surface area contributed by atoms with Crippen LogP contribution in [0.5, 0.6) is 11.5 Å². The Morgan fingerprint density at radius 3 is 2.89 bits per heavy atom. The highest BCUT2D eigenvalue weighted by Crippen LogP contribution is 2.32. The lowest BCUT2D eigenvalue weighted by Crippen LogP contribution is -2.32. The molecule has 0 fully saturated rings. The predicted molar refractivity (Wildman–Crippen MR) is 70.9 cm³/mol. The largest absolute Gasteiger partial charge is 0.454 e. The van der Waals surface area contributed by atoms with Gasteiger partial charge < -0.3 is 14.2 Å². The Bertz CT molecular complexity index is 447. The molecule has 0 aromatic heterocycles. The van der Waals surface area contributed by atoms with Gasteiger partial charge >= 0.3 is 0 Å². The number of likely N-dealkylation sites (N-methyl/N-ethyl adjacent to an activating group) is 1. The molecule has 1 aliphatic rings. The standard InChI is InChI=1S/C14H19NO4/c1-3-15(6-7-17-2)9-12(16)11-4-5-13-14(8-11)19-10-18-13/h4-5,8H,3,6-7,9-10H2,1-2H3. The van der Waals surface area contributed by atoms with E-state index >= 15 is 0 Å². The fraction of sp³-hybridized carbons (Fsp3) is 0.500. The fourth-order valence-electron chi connectivity index (χ4n) is 1.93. The summed E-state index contributed by atoms with van der Waals surface area (Å²) in [7, 11) is 1.66. The molecular weight excluding hydrogens is 246 g/mol. The Balaban J connectivity index is 1.99. The molecule has 19 heavy (non-hydrogen) atoms. The lowest BCUT2D eigenvalue weighted by atomic mass is 10.1. The van der Waals surface area contributed by atoms with Crippen molar-refractivity contribution >= 4 is 5.78 Å². The summed E-state index contributed by atoms with van der Waals surface area (Å²) in [6, 6.07) is 5.30. The number of ketones is 1. The Kier molecular flexibility index (Phi) is 4.76. The SMILES string of the molecule is CCN(CCOC)CC(=O)c1ccc2c(c1)OCO2. The van der Waals surface area contributed by atoms with Gasteiger partial charge in [0.05, 0.1) is 13.2 Å². The van der Waals surface area contributed by atoms with Crippen LogP contribution in [0, 0.1) is 0 Å². The van der Waals surface area contributed by atoms with Crippen LogP contribution in [0.3, 0.4) is 0 Å². The average Bonchev–Trinajstić information content (AvgIpc) is 2.90. The van der Waals surface area contributed by atoms with Crippen molar-refractivity contribution in [2.45, 2.75) is 6.92 Å². The highest BCUT2D eigenvalue weighted by molar-refractivity contribution is 5.98. The third kappa shape index (κ3) is 3.45. The smallest absolute Gasteiger partial charge is 0.231 e. The first-order valence-electron chi connectivity index (χ1n) is 6.38. The summed E-state index contributed by atoms with van der Waals surface area (Å²) in [5, 5.41) is 0. The number of hydrogen-bond donors (Lipinski definition) is 0. The molecule has 1 aromatic carbocycles. The maximum absolute atomic E-state index is 12.2. The van der Waals surface area contributed by atoms with E-state index in [1.54, 1.807) is 25.3 Å². The molecular formula is C14H19NO4. The lowest BCUT2D eigenvalue weighted by molar-refractivity contribution is 0.0901. The lowest BCUT2D eigenvalue weighted by Gasteiger charge is -2.18. The van der Waals surface area contributed by atoms with Crippen molar-refractivity contribution < 1.29 is 19.0 Å². The maximum Gasteiger partial charge on any atom is 0.231 e. The first-order chi connectivity index (χ1) is 9.24. The molecule has 0 saturated heterocycles. The summed E-state index contributed by atoms with van der Waals surface area (Å²) < 4.78 is 15.5. The summed E-state index contributed by atoms with van der Waals surface area (Å²) in [6.45, 7) is 4.84. The number of methoxy groups -OCH3 is 1. The molecule has 5 heteroatoms. The Morgan fingerprint density at radius 1 is 1.37 bits per heavy atom. The van der Waals surface area contributed by atoms with E-state index in [4.69, 9.17) is 14.2 Å². The number of rotatable bonds is 7. The van der Waals surface area contributed by atoms with E-state index in [0.717, 1.165) is 13.1 Å². The third-order valence-electron chi connectivity index (χ3n) is 3.12. The molecule has 0 saturated carbocycles. The molecule has 104 valence electrons. The normalized spacial score (nSPS) is 13.0. The van der Waals surface area contributed by atoms with Gasteiger partial charge in [0.2, 0.25) is 6.79 Å². The van der Waals surface area contributed by atoms with E-state index in [1.165, 1.54) is 0 Å². The molecule has 5 nitrogen and oxygen atoms in total. The highest BCUT2D eigenvalue weighted by Gasteiger charge is 2.17. The molecule has 0 bridgehead atoms. The van der Waals surface area contributed by atoms with Crippen LogP contribution in [-0.2, 0) is 4.74 Å². The Labute approximate surface area is 113 Å². The van der Waals surface area contributed by atoms with E-state index in [0.29, 0.717) is 30.2 Å². The van der Waals surface area contributed by atoms with Gasteiger partial charge in [0, 0.05) is 19.2 Å². The van der Waals surface area contributed by atoms with Gasteiger partial charge in [0.25, 0.3) is 0 Å². The van der Waals surface area contributed by atoms with Gasteiger partial charge in [-0.3, -0.25) is 9.69 Å². The van der Waals surface area contributed by atoms with E-state index in [9.17, 15) is 4.79 Å². The molecule has 0 amide bonds. The van der Waals surface area contributed by atoms with E-state index in [-0.39, 0.29) is 12.6 Å². The van der Waals surface area contributed by atoms with Crippen molar-refractivity contribution in [3.8, 4) is 11.5 Å². The third-order valence-corrected chi connectivity index (χ3v) is 3.12. The minimum absolute atomic E-state index is 0.0799. The molecule has 1 heterocycles. The highest BCUT2D eigenvalue weighted by atomic mass is 16.7. The van der Waals surface area contributed by atoms with Crippen molar-refractivity contribution in [2.24, 2.45) is 0 Å². The second-order valence-corrected chi connectivity index (χ2v) is 4.35. The van der Waals surface area contributed by atoms with Gasteiger partial charge in [-0.1, -0.05) is 6.92 Å². The van der Waals surface area contributed by atoms with E-state index < -0.39 is 0 Å². The van der Waals surface area contributed by atoms with Crippen LogP contribution in [0.2, 0.25) is 0 Å². The van der Waals surface area contributed by atoms with Gasteiger partial charge in [-0.15, -0.1) is 0 Å². The molecule has 1 aromatic rings. The summed E-state index contributed by atoms with van der Waals surface area (Å²) in [6.07, 6.45) is 0. The topological polar surface area (TPSA) is 48.0 Å². The molecule has 0 unspecified atom stereocenters. The van der Waals surface area contributed by atoms with E-state index in [2.05, 4.69) is 4.90 Å². The number of nitrogens with zero attached hydrogens (tertiary/aromatic N) is 1. The second-order valence-electron chi connectivity index (χ2n) is 4.35. The molecule has 0 N–H and O–H groups in total. The van der Waals surface area contributed by atoms with Crippen molar-refractivity contribution in [3.05, 3.63) is 23.8 Å². The molecule has 1 aliphatic heterocycles. The van der Waals surface area contributed by atoms with Crippen molar-refractivity contribution in [1.29, 1.82) is 0 Å². The number of ether oxygens (including phenoxy) is 3. The van der Waals surface area contributed by atoms with Gasteiger partial charge in [-0.05, 0) is 24.7 Å². The quantitative estimate of drug-likeness (QED) is 0.700. The van der Waals surface area contributed by atoms with Crippen LogP contribution < -0.4 is 9.47 Å². The first-order valence-corrected chi connectivity index (χ1v) is 6.38. The number of carbonyl (C=O) groups is 1.